The molecule has 0 aromatic heterocycles. The molecule has 0 radical (unpaired) electrons. The second-order valence-electron chi connectivity index (χ2n) is 7.07. The molecule has 0 aliphatic heterocycles. The van der Waals surface area contributed by atoms with Crippen LogP contribution in [0, 0.1) is 0 Å². The summed E-state index contributed by atoms with van der Waals surface area (Å²) < 4.78 is 0. The van der Waals surface area contributed by atoms with Crippen LogP contribution in [-0.4, -0.2) is 18.2 Å². The molecule has 0 saturated heterocycles. The van der Waals surface area contributed by atoms with E-state index < -0.39 is 0 Å². The fourth-order valence-electron chi connectivity index (χ4n) is 3.68. The highest BCUT2D eigenvalue weighted by molar-refractivity contribution is 7.80. The van der Waals surface area contributed by atoms with Gasteiger partial charge in [-0.1, -0.05) is 38.8 Å². The molecule has 0 atom stereocenters. The number of unbranched alkanes of at least 4 members (excludes halogenated alkanes) is 2. The van der Waals surface area contributed by atoms with Crippen molar-refractivity contribution in [3.8, 4) is 11.1 Å². The first kappa shape index (κ1) is 18.7. The van der Waals surface area contributed by atoms with E-state index in [2.05, 4.69) is 60.5 Å². The normalized spacial score (nSPS) is 11.8. The first-order chi connectivity index (χ1) is 12.6. The molecule has 138 valence electrons. The third-order valence-corrected chi connectivity index (χ3v) is 5.16. The Labute approximate surface area is 162 Å². The van der Waals surface area contributed by atoms with Crippen molar-refractivity contribution in [3.63, 3.8) is 0 Å². The van der Waals surface area contributed by atoms with E-state index in [1.54, 1.807) is 0 Å². The molecule has 2 aromatic rings. The third-order valence-electron chi connectivity index (χ3n) is 5.06. The first-order valence-electron chi connectivity index (χ1n) is 9.70. The Morgan fingerprint density at radius 1 is 1.00 bits per heavy atom. The van der Waals surface area contributed by atoms with Gasteiger partial charge in [0.15, 0.2) is 5.11 Å². The minimum atomic E-state index is 0.310. The lowest BCUT2D eigenvalue weighted by Crippen LogP contribution is -2.25. The summed E-state index contributed by atoms with van der Waals surface area (Å²) in [5, 5.41) is 3.35. The molecule has 3 rings (SSSR count). The Bertz CT molecular complexity index is 777. The number of fused-ring (bicyclic) bond motifs is 3. The number of rotatable bonds is 8. The zero-order chi connectivity index (χ0) is 18.5. The van der Waals surface area contributed by atoms with E-state index >= 15 is 0 Å². The van der Waals surface area contributed by atoms with Crippen molar-refractivity contribution in [3.05, 3.63) is 47.5 Å². The van der Waals surface area contributed by atoms with Gasteiger partial charge in [-0.25, -0.2) is 0 Å². The summed E-state index contributed by atoms with van der Waals surface area (Å²) in [4.78, 5) is 2.55. The second-order valence-corrected chi connectivity index (χ2v) is 7.51. The topological polar surface area (TPSA) is 41.3 Å². The number of thiocarbonyl (C=S) groups is 1. The van der Waals surface area contributed by atoms with Gasteiger partial charge in [-0.3, -0.25) is 0 Å². The standard InChI is InChI=1S/C22H29N3S/c1-3-5-11-25(12-6-4-2)19-8-10-21-17(15-19)13-16-14-18(24-22(23)26)7-9-20(16)21/h7-10,14-15H,3-6,11-13H2,1-2H3,(H3,23,24,26). The van der Waals surface area contributed by atoms with Crippen molar-refractivity contribution < 1.29 is 0 Å². The fourth-order valence-corrected chi connectivity index (χ4v) is 3.80. The molecule has 0 heterocycles. The van der Waals surface area contributed by atoms with Crippen LogP contribution in [-0.2, 0) is 6.42 Å². The molecule has 3 nitrogen and oxygen atoms in total. The summed E-state index contributed by atoms with van der Waals surface area (Å²) >= 11 is 4.95. The van der Waals surface area contributed by atoms with E-state index in [1.165, 1.54) is 53.6 Å². The molecule has 0 amide bonds. The van der Waals surface area contributed by atoms with E-state index in [4.69, 9.17) is 18.0 Å². The molecule has 0 fully saturated rings. The molecule has 1 aliphatic carbocycles. The Morgan fingerprint density at radius 2 is 1.62 bits per heavy atom. The average Bonchev–Trinajstić information content (AvgIpc) is 2.98. The van der Waals surface area contributed by atoms with Crippen LogP contribution in [0.1, 0.15) is 50.7 Å². The highest BCUT2D eigenvalue weighted by Gasteiger charge is 2.20. The predicted molar refractivity (Wildman–Crippen MR) is 117 cm³/mol. The number of nitrogens with zero attached hydrogens (tertiary/aromatic N) is 1. The summed E-state index contributed by atoms with van der Waals surface area (Å²) in [6, 6.07) is 13.4. The summed E-state index contributed by atoms with van der Waals surface area (Å²) in [5.74, 6) is 0. The van der Waals surface area contributed by atoms with Gasteiger partial charge < -0.3 is 16.0 Å². The summed E-state index contributed by atoms with van der Waals surface area (Å²) in [6.45, 7) is 6.81. The number of hydrogen-bond donors (Lipinski definition) is 2. The maximum atomic E-state index is 5.60. The molecule has 0 bridgehead atoms. The fraction of sp³-hybridized carbons (Fsp3) is 0.409. The van der Waals surface area contributed by atoms with Crippen LogP contribution in [0.2, 0.25) is 0 Å². The highest BCUT2D eigenvalue weighted by Crippen LogP contribution is 2.39. The highest BCUT2D eigenvalue weighted by atomic mass is 32.1. The molecular weight excluding hydrogens is 338 g/mol. The van der Waals surface area contributed by atoms with E-state index in [-0.39, 0.29) is 0 Å². The molecule has 4 heteroatoms. The molecular formula is C22H29N3S. The van der Waals surface area contributed by atoms with Gasteiger partial charge in [0.1, 0.15) is 0 Å². The van der Waals surface area contributed by atoms with Gasteiger partial charge in [0.25, 0.3) is 0 Å². The van der Waals surface area contributed by atoms with Crippen LogP contribution in [0.3, 0.4) is 0 Å². The predicted octanol–water partition coefficient (Wildman–Crippen LogP) is 5.32. The third kappa shape index (κ3) is 4.18. The summed E-state index contributed by atoms with van der Waals surface area (Å²) in [7, 11) is 0. The smallest absolute Gasteiger partial charge is 0.168 e. The molecule has 2 aromatic carbocycles. The Balaban J connectivity index is 1.83. The van der Waals surface area contributed by atoms with Crippen molar-refractivity contribution in [1.29, 1.82) is 0 Å². The molecule has 26 heavy (non-hydrogen) atoms. The number of hydrogen-bond acceptors (Lipinski definition) is 2. The van der Waals surface area contributed by atoms with Gasteiger partial charge in [0.05, 0.1) is 0 Å². The molecule has 1 aliphatic rings. The van der Waals surface area contributed by atoms with Crippen molar-refractivity contribution in [2.75, 3.05) is 23.3 Å². The van der Waals surface area contributed by atoms with E-state index in [9.17, 15) is 0 Å². The lowest BCUT2D eigenvalue weighted by molar-refractivity contribution is 0.678. The van der Waals surface area contributed by atoms with Crippen molar-refractivity contribution in [1.82, 2.24) is 0 Å². The van der Waals surface area contributed by atoms with Gasteiger partial charge in [0.2, 0.25) is 0 Å². The maximum Gasteiger partial charge on any atom is 0.168 e. The zero-order valence-corrected chi connectivity index (χ0v) is 16.7. The van der Waals surface area contributed by atoms with E-state index in [1.807, 2.05) is 0 Å². The minimum Gasteiger partial charge on any atom is -0.376 e. The van der Waals surface area contributed by atoms with Crippen LogP contribution >= 0.6 is 12.2 Å². The van der Waals surface area contributed by atoms with E-state index in [0.29, 0.717) is 5.11 Å². The quantitative estimate of drug-likeness (QED) is 0.529. The maximum absolute atomic E-state index is 5.60. The Morgan fingerprint density at radius 3 is 2.23 bits per heavy atom. The van der Waals surface area contributed by atoms with Crippen LogP contribution in [0.4, 0.5) is 11.4 Å². The average molecular weight is 368 g/mol. The monoisotopic (exact) mass is 367 g/mol. The van der Waals surface area contributed by atoms with Crippen LogP contribution in [0.5, 0.6) is 0 Å². The number of benzene rings is 2. The van der Waals surface area contributed by atoms with Crippen LogP contribution in [0.15, 0.2) is 36.4 Å². The number of anilines is 2. The SMILES string of the molecule is CCCCN(CCCC)c1ccc2c(c1)Cc1cc(NC(N)=S)ccc1-2. The van der Waals surface area contributed by atoms with E-state index in [0.717, 1.165) is 25.2 Å². The second kappa shape index (κ2) is 8.54. The molecule has 0 unspecified atom stereocenters. The van der Waals surface area contributed by atoms with Crippen molar-refractivity contribution >= 4 is 28.7 Å². The van der Waals surface area contributed by atoms with Gasteiger partial charge in [-0.15, -0.1) is 0 Å². The largest absolute Gasteiger partial charge is 0.376 e. The number of nitrogens with one attached hydrogen (secondary N) is 1. The van der Waals surface area contributed by atoms with Gasteiger partial charge in [-0.05, 0) is 78.0 Å². The molecule has 0 spiro atoms. The zero-order valence-electron chi connectivity index (χ0n) is 15.8. The van der Waals surface area contributed by atoms with Gasteiger partial charge >= 0.3 is 0 Å². The first-order valence-corrected chi connectivity index (χ1v) is 10.1. The van der Waals surface area contributed by atoms with Crippen molar-refractivity contribution in [2.45, 2.75) is 46.0 Å². The van der Waals surface area contributed by atoms with Crippen LogP contribution < -0.4 is 16.0 Å². The summed E-state index contributed by atoms with van der Waals surface area (Å²) in [5.41, 5.74) is 13.4. The lowest BCUT2D eigenvalue weighted by Gasteiger charge is -2.25. The number of nitrogens with two attached hydrogens (primary N) is 1. The van der Waals surface area contributed by atoms with Crippen LogP contribution in [0.25, 0.3) is 11.1 Å². The Kier molecular flexibility index (Phi) is 6.15. The lowest BCUT2D eigenvalue weighted by atomic mass is 10.0. The van der Waals surface area contributed by atoms with Gasteiger partial charge in [-0.2, -0.15) is 0 Å². The van der Waals surface area contributed by atoms with Gasteiger partial charge in [0, 0.05) is 24.5 Å². The summed E-state index contributed by atoms with van der Waals surface area (Å²) in [6.07, 6.45) is 5.93. The van der Waals surface area contributed by atoms with Crippen molar-refractivity contribution in [2.24, 2.45) is 5.73 Å². The molecule has 3 N–H and O–H groups in total. The minimum absolute atomic E-state index is 0.310. The Hall–Kier alpha value is -2.07. The molecule has 0 saturated carbocycles.